The average molecular weight is 374 g/mol. The Morgan fingerprint density at radius 1 is 1.23 bits per heavy atom. The molecule has 6 nitrogen and oxygen atoms in total. The Balaban J connectivity index is 1.86. The highest BCUT2D eigenvalue weighted by atomic mass is 32.2. The molecule has 1 N–H and O–H groups in total. The monoisotopic (exact) mass is 374 g/mol. The number of aryl methyl sites for hydroxylation is 2. The minimum Gasteiger partial charge on any atom is -0.489 e. The third kappa shape index (κ3) is 3.23. The highest BCUT2D eigenvalue weighted by molar-refractivity contribution is 7.92. The van der Waals surface area contributed by atoms with E-state index >= 15 is 0 Å². The number of fused-ring (bicyclic) bond motifs is 1. The standard InChI is InChI=1S/C19H22N2O4S/c1-11-6-14(10-21(2)19(11)22)16-9-15(20-26(3,23)24)7-13-8-17(12-4-5-12)25-18(13)16/h6-7,9-10,12,17,20H,4-5,8H2,1-3H3. The Hall–Kier alpha value is -2.28. The SMILES string of the molecule is Cc1cc(-c2cc(NS(C)(=O)=O)cc3c2OC(C2CC2)C3)cn(C)c1=O. The van der Waals surface area contributed by atoms with E-state index in [1.807, 2.05) is 12.1 Å². The third-order valence-corrected chi connectivity index (χ3v) is 5.59. The first kappa shape index (κ1) is 17.1. The second kappa shape index (κ2) is 5.87. The van der Waals surface area contributed by atoms with E-state index in [1.165, 1.54) is 12.8 Å². The van der Waals surface area contributed by atoms with Crippen molar-refractivity contribution in [2.45, 2.75) is 32.3 Å². The first-order chi connectivity index (χ1) is 12.2. The maximum atomic E-state index is 12.0. The van der Waals surface area contributed by atoms with Crippen LogP contribution in [-0.2, 0) is 23.5 Å². The molecule has 0 saturated heterocycles. The molecular formula is C19H22N2O4S. The molecule has 1 unspecified atom stereocenters. The van der Waals surface area contributed by atoms with Crippen LogP contribution in [0.5, 0.6) is 5.75 Å². The summed E-state index contributed by atoms with van der Waals surface area (Å²) in [6.07, 6.45) is 6.22. The molecule has 0 bridgehead atoms. The minimum absolute atomic E-state index is 0.0485. The molecule has 0 radical (unpaired) electrons. The zero-order chi connectivity index (χ0) is 18.6. The number of hydrogen-bond acceptors (Lipinski definition) is 4. The van der Waals surface area contributed by atoms with Crippen LogP contribution in [0.25, 0.3) is 11.1 Å². The van der Waals surface area contributed by atoms with Crippen molar-refractivity contribution in [1.82, 2.24) is 4.57 Å². The summed E-state index contributed by atoms with van der Waals surface area (Å²) in [7, 11) is -1.67. The van der Waals surface area contributed by atoms with Crippen molar-refractivity contribution in [3.8, 4) is 16.9 Å². The summed E-state index contributed by atoms with van der Waals surface area (Å²) in [4.78, 5) is 12.0. The van der Waals surface area contributed by atoms with Crippen molar-refractivity contribution in [2.24, 2.45) is 13.0 Å². The third-order valence-electron chi connectivity index (χ3n) is 4.98. The Morgan fingerprint density at radius 2 is 1.96 bits per heavy atom. The van der Waals surface area contributed by atoms with Gasteiger partial charge >= 0.3 is 0 Å². The molecule has 2 aliphatic rings. The zero-order valence-electron chi connectivity index (χ0n) is 15.1. The number of ether oxygens (including phenoxy) is 1. The van der Waals surface area contributed by atoms with Gasteiger partial charge in [0.1, 0.15) is 11.9 Å². The number of nitrogens with one attached hydrogen (secondary N) is 1. The normalized spacial score (nSPS) is 19.1. The van der Waals surface area contributed by atoms with Crippen LogP contribution in [0, 0.1) is 12.8 Å². The van der Waals surface area contributed by atoms with Gasteiger partial charge in [-0.2, -0.15) is 0 Å². The van der Waals surface area contributed by atoms with Gasteiger partial charge in [-0.15, -0.1) is 0 Å². The number of hydrogen-bond donors (Lipinski definition) is 1. The summed E-state index contributed by atoms with van der Waals surface area (Å²) in [5, 5.41) is 0. The molecule has 1 aliphatic heterocycles. The molecule has 0 spiro atoms. The number of rotatable bonds is 4. The summed E-state index contributed by atoms with van der Waals surface area (Å²) >= 11 is 0. The van der Waals surface area contributed by atoms with E-state index in [0.717, 1.165) is 35.1 Å². The Bertz CT molecular complexity index is 1030. The minimum atomic E-state index is -3.38. The predicted molar refractivity (Wildman–Crippen MR) is 101 cm³/mol. The summed E-state index contributed by atoms with van der Waals surface area (Å²) in [6.45, 7) is 1.78. The number of nitrogens with zero attached hydrogens (tertiary/aromatic N) is 1. The van der Waals surface area contributed by atoms with Crippen LogP contribution in [0.4, 0.5) is 5.69 Å². The Labute approximate surface area is 152 Å². The number of pyridine rings is 1. The van der Waals surface area contributed by atoms with Crippen LogP contribution in [0.2, 0.25) is 0 Å². The molecule has 0 amide bonds. The maximum Gasteiger partial charge on any atom is 0.253 e. The lowest BCUT2D eigenvalue weighted by Gasteiger charge is -2.15. The van der Waals surface area contributed by atoms with Crippen LogP contribution >= 0.6 is 0 Å². The predicted octanol–water partition coefficient (Wildman–Crippen LogP) is 2.45. The smallest absolute Gasteiger partial charge is 0.253 e. The van der Waals surface area contributed by atoms with E-state index in [0.29, 0.717) is 17.2 Å². The quantitative estimate of drug-likeness (QED) is 0.892. The highest BCUT2D eigenvalue weighted by Gasteiger charge is 2.38. The van der Waals surface area contributed by atoms with Crippen molar-refractivity contribution in [3.05, 3.63) is 45.9 Å². The number of sulfonamides is 1. The number of anilines is 1. The molecule has 1 aliphatic carbocycles. The van der Waals surface area contributed by atoms with Gasteiger partial charge in [-0.1, -0.05) is 0 Å². The van der Waals surface area contributed by atoms with E-state index in [2.05, 4.69) is 4.72 Å². The largest absolute Gasteiger partial charge is 0.489 e. The van der Waals surface area contributed by atoms with Gasteiger partial charge in [-0.25, -0.2) is 8.42 Å². The summed E-state index contributed by atoms with van der Waals surface area (Å²) in [5.74, 6) is 1.39. The number of benzene rings is 1. The maximum absolute atomic E-state index is 12.0. The Kier molecular flexibility index (Phi) is 3.87. The molecule has 1 saturated carbocycles. The topological polar surface area (TPSA) is 77.4 Å². The van der Waals surface area contributed by atoms with E-state index in [-0.39, 0.29) is 11.7 Å². The molecule has 4 rings (SSSR count). The van der Waals surface area contributed by atoms with Crippen molar-refractivity contribution in [1.29, 1.82) is 0 Å². The van der Waals surface area contributed by atoms with Crippen LogP contribution in [0.15, 0.2) is 29.2 Å². The molecule has 1 aromatic carbocycles. The van der Waals surface area contributed by atoms with E-state index in [9.17, 15) is 13.2 Å². The van der Waals surface area contributed by atoms with Crippen molar-refractivity contribution >= 4 is 15.7 Å². The second-order valence-electron chi connectivity index (χ2n) is 7.41. The Morgan fingerprint density at radius 3 is 2.58 bits per heavy atom. The molecular weight excluding hydrogens is 352 g/mol. The van der Waals surface area contributed by atoms with Crippen LogP contribution in [-0.4, -0.2) is 25.3 Å². The molecule has 1 atom stereocenters. The molecule has 2 aromatic rings. The van der Waals surface area contributed by atoms with Crippen LogP contribution in [0.3, 0.4) is 0 Å². The van der Waals surface area contributed by atoms with Gasteiger partial charge in [-0.3, -0.25) is 9.52 Å². The van der Waals surface area contributed by atoms with Gasteiger partial charge in [0.05, 0.1) is 6.26 Å². The fourth-order valence-corrected chi connectivity index (χ4v) is 4.18. The van der Waals surface area contributed by atoms with Gasteiger partial charge in [-0.05, 0) is 43.9 Å². The second-order valence-corrected chi connectivity index (χ2v) is 9.16. The first-order valence-corrected chi connectivity index (χ1v) is 10.6. The average Bonchev–Trinajstić information content (AvgIpc) is 3.29. The summed E-state index contributed by atoms with van der Waals surface area (Å²) in [5.41, 5.74) is 3.78. The van der Waals surface area contributed by atoms with Crippen molar-refractivity contribution < 1.29 is 13.2 Å². The van der Waals surface area contributed by atoms with E-state index in [4.69, 9.17) is 4.74 Å². The first-order valence-electron chi connectivity index (χ1n) is 8.70. The fourth-order valence-electron chi connectivity index (χ4n) is 3.63. The summed E-state index contributed by atoms with van der Waals surface area (Å²) < 4.78 is 33.8. The van der Waals surface area contributed by atoms with Gasteiger partial charge in [0.15, 0.2) is 0 Å². The van der Waals surface area contributed by atoms with Crippen LogP contribution in [0.1, 0.15) is 24.0 Å². The van der Waals surface area contributed by atoms with Crippen LogP contribution < -0.4 is 15.0 Å². The van der Waals surface area contributed by atoms with E-state index < -0.39 is 10.0 Å². The summed E-state index contributed by atoms with van der Waals surface area (Å²) in [6, 6.07) is 5.47. The lowest BCUT2D eigenvalue weighted by Crippen LogP contribution is -2.18. The molecule has 7 heteroatoms. The molecule has 2 heterocycles. The molecule has 138 valence electrons. The van der Waals surface area contributed by atoms with Gasteiger partial charge < -0.3 is 9.30 Å². The van der Waals surface area contributed by atoms with Crippen molar-refractivity contribution in [2.75, 3.05) is 11.0 Å². The highest BCUT2D eigenvalue weighted by Crippen LogP contribution is 2.46. The lowest BCUT2D eigenvalue weighted by molar-refractivity contribution is 0.208. The van der Waals surface area contributed by atoms with Crippen molar-refractivity contribution in [3.63, 3.8) is 0 Å². The van der Waals surface area contributed by atoms with Gasteiger partial charge in [0.25, 0.3) is 5.56 Å². The van der Waals surface area contributed by atoms with E-state index in [1.54, 1.807) is 30.8 Å². The molecule has 1 fully saturated rings. The lowest BCUT2D eigenvalue weighted by atomic mass is 9.99. The van der Waals surface area contributed by atoms with Gasteiger partial charge in [0.2, 0.25) is 10.0 Å². The zero-order valence-corrected chi connectivity index (χ0v) is 15.9. The van der Waals surface area contributed by atoms with Gasteiger partial charge in [0, 0.05) is 47.6 Å². The fraction of sp³-hybridized carbons (Fsp3) is 0.421. The number of aromatic nitrogens is 1. The molecule has 26 heavy (non-hydrogen) atoms. The molecule has 1 aromatic heterocycles.